The van der Waals surface area contributed by atoms with E-state index in [9.17, 15) is 0 Å². The van der Waals surface area contributed by atoms with Crippen LogP contribution in [0.4, 0.5) is 0 Å². The predicted octanol–water partition coefficient (Wildman–Crippen LogP) is 12.1. The van der Waals surface area contributed by atoms with E-state index in [-0.39, 0.29) is 41.1 Å². The van der Waals surface area contributed by atoms with Crippen molar-refractivity contribution in [2.45, 2.75) is 105 Å². The number of nitrogens with one attached hydrogen (secondary N) is 2. The van der Waals surface area contributed by atoms with Crippen LogP contribution in [0.1, 0.15) is 105 Å². The van der Waals surface area contributed by atoms with Gasteiger partial charge in [-0.15, -0.1) is 0 Å². The first-order valence-electron chi connectivity index (χ1n) is 19.6. The zero-order chi connectivity index (χ0) is 39.7. The monoisotopic (exact) mass is 802 g/mol. The molecule has 0 unspecified atom stereocenters. The Morgan fingerprint density at radius 2 is 0.596 bits per heavy atom. The topological polar surface area (TPSA) is 109 Å². The van der Waals surface area contributed by atoms with E-state index in [0.29, 0.717) is 45.9 Å². The summed E-state index contributed by atoms with van der Waals surface area (Å²) < 4.78 is 0. The van der Waals surface area contributed by atoms with E-state index in [0.717, 1.165) is 43.8 Å². The third kappa shape index (κ3) is 6.68. The van der Waals surface area contributed by atoms with Crippen LogP contribution in [0.2, 0.25) is 0 Å². The van der Waals surface area contributed by atoms with Crippen molar-refractivity contribution in [1.29, 1.82) is 0 Å². The fourth-order valence-electron chi connectivity index (χ4n) is 7.66. The van der Waals surface area contributed by atoms with E-state index in [1.165, 1.54) is 22.3 Å². The number of hydrogen-bond acceptors (Lipinski definition) is 6. The number of hydrogen-bond donors (Lipinski definition) is 2. The Hall–Kier alpha value is -5.14. The molecule has 0 spiro atoms. The summed E-state index contributed by atoms with van der Waals surface area (Å²) in [4.78, 5) is 38.9. The van der Waals surface area contributed by atoms with Crippen LogP contribution in [0.15, 0.2) is 72.8 Å². The van der Waals surface area contributed by atoms with Crippen molar-refractivity contribution in [3.63, 3.8) is 0 Å². The second kappa shape index (κ2) is 12.9. The van der Waals surface area contributed by atoms with Gasteiger partial charge in [-0.05, 0) is 68.2 Å². The summed E-state index contributed by atoms with van der Waals surface area (Å²) in [5, 5.41) is 3.89. The van der Waals surface area contributed by atoms with Crippen molar-refractivity contribution in [2.75, 3.05) is 0 Å². The van der Waals surface area contributed by atoms with Crippen LogP contribution in [-0.2, 0) is 41.1 Å². The molecule has 5 heterocycles. The third-order valence-electron chi connectivity index (χ3n) is 11.3. The number of aromatic amines is 2. The van der Waals surface area contributed by atoms with Crippen molar-refractivity contribution in [2.24, 2.45) is 0 Å². The summed E-state index contributed by atoms with van der Waals surface area (Å²) in [7, 11) is 0. The molecular weight excluding hydrogens is 754 g/mol. The van der Waals surface area contributed by atoms with Crippen LogP contribution >= 0.6 is 0 Å². The van der Waals surface area contributed by atoms with Gasteiger partial charge in [0.25, 0.3) is 0 Å². The number of fused-ring (bicyclic) bond motifs is 20. The molecule has 7 aromatic rings. The van der Waals surface area contributed by atoms with E-state index in [4.69, 9.17) is 29.9 Å². The molecule has 2 aliphatic rings. The minimum Gasteiger partial charge on any atom is -0.324 e. The number of aromatic nitrogens is 8. The Balaban J connectivity index is 0.00000455. The van der Waals surface area contributed by atoms with Crippen molar-refractivity contribution >= 4 is 44.1 Å². The molecule has 4 aromatic carbocycles. The standard InChI is InChI=1S/C48H50N8.Zn/c1-45(2,3)25-13-17-29-33(21-25)41-49-37(29)54-42-35-23-27(47(7,8)9)15-19-31(35)39(51-42)56-44-36-24-28(48(10,11)12)16-20-32(36)40(52-44)55-43-34-22-26(46(4,5)6)14-18-30(34)38(50-43)53-41;/h13-24H,1-12H3,(H2,49,50,51,52,53,54,55,56);/q;+2. The number of benzene rings is 4. The number of nitrogens with zero attached hydrogens (tertiary/aromatic N) is 6. The molecule has 3 aromatic heterocycles. The maximum atomic E-state index is 5.32. The molecule has 0 amide bonds. The first kappa shape index (κ1) is 38.7. The normalized spacial score (nSPS) is 13.1. The first-order chi connectivity index (χ1) is 26.2. The zero-order valence-electron chi connectivity index (χ0n) is 35.3. The maximum Gasteiger partial charge on any atom is 2.00 e. The van der Waals surface area contributed by atoms with Crippen molar-refractivity contribution in [1.82, 2.24) is 39.9 Å². The Bertz CT molecular complexity index is 2760. The number of rotatable bonds is 0. The minimum absolute atomic E-state index is 0. The molecule has 0 fully saturated rings. The predicted molar refractivity (Wildman–Crippen MR) is 231 cm³/mol. The second-order valence-corrected chi connectivity index (χ2v) is 19.7. The molecule has 9 heteroatoms. The first-order valence-corrected chi connectivity index (χ1v) is 19.6. The maximum absolute atomic E-state index is 5.32. The molecule has 9 rings (SSSR count). The van der Waals surface area contributed by atoms with Crippen molar-refractivity contribution in [3.8, 4) is 45.6 Å². The average molecular weight is 804 g/mol. The molecule has 0 radical (unpaired) electrons. The molecule has 0 aliphatic carbocycles. The van der Waals surface area contributed by atoms with Crippen LogP contribution in [0.3, 0.4) is 0 Å². The zero-order valence-corrected chi connectivity index (χ0v) is 38.3. The molecule has 57 heavy (non-hydrogen) atoms. The summed E-state index contributed by atoms with van der Waals surface area (Å²) in [6.45, 7) is 26.8. The summed E-state index contributed by atoms with van der Waals surface area (Å²) in [5.74, 6) is 2.42. The third-order valence-corrected chi connectivity index (χ3v) is 11.3. The van der Waals surface area contributed by atoms with E-state index in [2.05, 4.69) is 166 Å². The van der Waals surface area contributed by atoms with Gasteiger partial charge in [-0.1, -0.05) is 132 Å². The van der Waals surface area contributed by atoms with Crippen LogP contribution in [0, 0.1) is 0 Å². The molecule has 8 bridgehead atoms. The van der Waals surface area contributed by atoms with Gasteiger partial charge in [0.2, 0.25) is 0 Å². The quantitative estimate of drug-likeness (QED) is 0.148. The van der Waals surface area contributed by atoms with Gasteiger partial charge in [-0.3, -0.25) is 0 Å². The van der Waals surface area contributed by atoms with Gasteiger partial charge in [0.15, 0.2) is 23.3 Å². The largest absolute Gasteiger partial charge is 2.00 e. The Labute approximate surface area is 347 Å². The number of H-pyrrole nitrogens is 2. The molecule has 8 nitrogen and oxygen atoms in total. The van der Waals surface area contributed by atoms with E-state index in [1.54, 1.807) is 0 Å². The molecule has 0 atom stereocenters. The molecule has 0 saturated carbocycles. The van der Waals surface area contributed by atoms with Crippen LogP contribution in [0.25, 0.3) is 89.7 Å². The summed E-state index contributed by atoms with van der Waals surface area (Å²) in [6.07, 6.45) is 0. The molecule has 2 N–H and O–H groups in total. The van der Waals surface area contributed by atoms with Gasteiger partial charge < -0.3 is 9.97 Å². The summed E-state index contributed by atoms with van der Waals surface area (Å²) in [5.41, 5.74) is 11.1. The summed E-state index contributed by atoms with van der Waals surface area (Å²) in [6, 6.07) is 26.3. The minimum atomic E-state index is -0.0686. The summed E-state index contributed by atoms with van der Waals surface area (Å²) >= 11 is 0. The Morgan fingerprint density at radius 3 is 0.930 bits per heavy atom. The van der Waals surface area contributed by atoms with E-state index >= 15 is 0 Å². The Kier molecular flexibility index (Phi) is 8.79. The fourth-order valence-corrected chi connectivity index (χ4v) is 7.66. The fraction of sp³-hybridized carbons (Fsp3) is 0.333. The van der Waals surface area contributed by atoms with Crippen molar-refractivity contribution < 1.29 is 19.5 Å². The van der Waals surface area contributed by atoms with Gasteiger partial charge in [0.1, 0.15) is 22.6 Å². The van der Waals surface area contributed by atoms with Gasteiger partial charge in [-0.25, -0.2) is 29.9 Å². The second-order valence-electron chi connectivity index (χ2n) is 19.7. The average Bonchev–Trinajstić information content (AvgIpc) is 3.84. The molecule has 282 valence electrons. The van der Waals surface area contributed by atoms with Gasteiger partial charge >= 0.3 is 19.5 Å². The van der Waals surface area contributed by atoms with Crippen LogP contribution in [-0.4, -0.2) is 39.9 Å². The Morgan fingerprint density at radius 1 is 0.316 bits per heavy atom. The van der Waals surface area contributed by atoms with E-state index in [1.807, 2.05) is 0 Å². The smallest absolute Gasteiger partial charge is 0.324 e. The molecule has 0 saturated heterocycles. The van der Waals surface area contributed by atoms with Gasteiger partial charge in [0.05, 0.1) is 0 Å². The van der Waals surface area contributed by atoms with Crippen LogP contribution in [0.5, 0.6) is 0 Å². The van der Waals surface area contributed by atoms with E-state index < -0.39 is 0 Å². The van der Waals surface area contributed by atoms with Gasteiger partial charge in [-0.2, -0.15) is 0 Å². The molecule has 2 aliphatic heterocycles. The van der Waals surface area contributed by atoms with Gasteiger partial charge in [0, 0.05) is 43.8 Å². The van der Waals surface area contributed by atoms with Crippen molar-refractivity contribution in [3.05, 3.63) is 95.1 Å². The molecular formula is C48H50N8Zn+2. The SMILES string of the molecule is CC(C)(C)c1ccc2c(c1)-c1nc-2nc2[nH]c(nc3nc(nc4[nH]c(n1)c1ccc(C(C)(C)C)cc41)-c1ccc(C(C)(C)C)cc1-3)c1ccc(C(C)(C)C)cc21.[Zn+2]. The van der Waals surface area contributed by atoms with Crippen LogP contribution < -0.4 is 0 Å².